The first-order chi connectivity index (χ1) is 4.31. The molecular formula is C5H10N2OS. The summed E-state index contributed by atoms with van der Waals surface area (Å²) >= 11 is 4.72. The molecule has 2 N–H and O–H groups in total. The van der Waals surface area contributed by atoms with Crippen LogP contribution in [0.1, 0.15) is 0 Å². The molecule has 3 nitrogen and oxygen atoms in total. The number of hydrogen-bond acceptors (Lipinski definition) is 2. The topological polar surface area (TPSA) is 33.3 Å². The van der Waals surface area contributed by atoms with E-state index < -0.39 is 0 Å². The summed E-state index contributed by atoms with van der Waals surface area (Å²) < 4.78 is 0. The summed E-state index contributed by atoms with van der Waals surface area (Å²) in [7, 11) is 1.50. The van der Waals surface area contributed by atoms with Crippen LogP contribution in [-0.4, -0.2) is 18.8 Å². The second-order valence-corrected chi connectivity index (χ2v) is 1.71. The predicted molar refractivity (Wildman–Crippen MR) is 40.9 cm³/mol. The van der Waals surface area contributed by atoms with E-state index in [1.165, 1.54) is 7.11 Å². The molecule has 0 aromatic rings. The minimum Gasteiger partial charge on any atom is -0.358 e. The van der Waals surface area contributed by atoms with Gasteiger partial charge < -0.3 is 5.32 Å². The largest absolute Gasteiger partial charge is 0.358 e. The molecule has 0 saturated heterocycles. The third-order valence-electron chi connectivity index (χ3n) is 0.602. The third kappa shape index (κ3) is 5.26. The Morgan fingerprint density at radius 3 is 3.00 bits per heavy atom. The van der Waals surface area contributed by atoms with Crippen molar-refractivity contribution in [2.45, 2.75) is 0 Å². The summed E-state index contributed by atoms with van der Waals surface area (Å²) in [5.74, 6) is 0. The average molecular weight is 146 g/mol. The van der Waals surface area contributed by atoms with Gasteiger partial charge in [-0.15, -0.1) is 6.58 Å². The van der Waals surface area contributed by atoms with E-state index in [1.807, 2.05) is 0 Å². The van der Waals surface area contributed by atoms with Gasteiger partial charge >= 0.3 is 0 Å². The van der Waals surface area contributed by atoms with Gasteiger partial charge in [0.2, 0.25) is 0 Å². The summed E-state index contributed by atoms with van der Waals surface area (Å²) in [6, 6.07) is 0. The van der Waals surface area contributed by atoms with Crippen LogP contribution in [0.5, 0.6) is 0 Å². The van der Waals surface area contributed by atoms with Crippen LogP contribution < -0.4 is 10.8 Å². The minimum atomic E-state index is 0.470. The van der Waals surface area contributed by atoms with Gasteiger partial charge in [0.1, 0.15) is 0 Å². The number of rotatable bonds is 3. The molecule has 0 radical (unpaired) electrons. The number of thiocarbonyl (C=S) groups is 1. The molecule has 4 heteroatoms. The average Bonchev–Trinajstić information content (AvgIpc) is 1.85. The van der Waals surface area contributed by atoms with Crippen molar-refractivity contribution in [1.29, 1.82) is 0 Å². The highest BCUT2D eigenvalue weighted by molar-refractivity contribution is 7.80. The first-order valence-corrected chi connectivity index (χ1v) is 2.89. The zero-order valence-electron chi connectivity index (χ0n) is 5.31. The molecule has 0 aliphatic heterocycles. The normalized spacial score (nSPS) is 8.11. The molecule has 0 amide bonds. The van der Waals surface area contributed by atoms with Gasteiger partial charge in [-0.05, 0) is 12.2 Å². The van der Waals surface area contributed by atoms with E-state index in [-0.39, 0.29) is 0 Å². The third-order valence-corrected chi connectivity index (χ3v) is 0.829. The second-order valence-electron chi connectivity index (χ2n) is 1.30. The zero-order chi connectivity index (χ0) is 7.11. The van der Waals surface area contributed by atoms with Crippen LogP contribution in [0, 0.1) is 0 Å². The molecule has 0 saturated carbocycles. The molecule has 0 unspecified atom stereocenters. The highest BCUT2D eigenvalue weighted by atomic mass is 32.1. The van der Waals surface area contributed by atoms with Crippen LogP contribution in [0.2, 0.25) is 0 Å². The van der Waals surface area contributed by atoms with Crippen molar-refractivity contribution in [1.82, 2.24) is 10.8 Å². The van der Waals surface area contributed by atoms with Gasteiger partial charge in [-0.25, -0.2) is 5.48 Å². The summed E-state index contributed by atoms with van der Waals surface area (Å²) in [4.78, 5) is 4.51. The summed E-state index contributed by atoms with van der Waals surface area (Å²) in [5, 5.41) is 3.28. The molecule has 0 aliphatic carbocycles. The molecule has 0 spiro atoms. The van der Waals surface area contributed by atoms with Gasteiger partial charge in [0.25, 0.3) is 0 Å². The quantitative estimate of drug-likeness (QED) is 0.338. The molecule has 9 heavy (non-hydrogen) atoms. The zero-order valence-corrected chi connectivity index (χ0v) is 6.12. The minimum absolute atomic E-state index is 0.470. The van der Waals surface area contributed by atoms with Gasteiger partial charge in [0.15, 0.2) is 5.11 Å². The van der Waals surface area contributed by atoms with E-state index in [4.69, 9.17) is 12.2 Å². The fraction of sp³-hybridized carbons (Fsp3) is 0.400. The Labute approximate surface area is 60.0 Å². The Bertz CT molecular complexity index is 105. The van der Waals surface area contributed by atoms with Crippen molar-refractivity contribution in [2.24, 2.45) is 0 Å². The molecule has 0 rings (SSSR count). The highest BCUT2D eigenvalue weighted by Crippen LogP contribution is 1.65. The number of nitrogens with one attached hydrogen (secondary N) is 2. The molecule has 0 aromatic heterocycles. The maximum atomic E-state index is 4.72. The van der Waals surface area contributed by atoms with Crippen LogP contribution in [0.15, 0.2) is 12.7 Å². The van der Waals surface area contributed by atoms with Crippen molar-refractivity contribution in [3.8, 4) is 0 Å². The summed E-state index contributed by atoms with van der Waals surface area (Å²) in [6.45, 7) is 4.15. The molecule has 0 fully saturated rings. The molecule has 0 heterocycles. The Morgan fingerprint density at radius 2 is 2.56 bits per heavy atom. The smallest absolute Gasteiger partial charge is 0.190 e. The van der Waals surface area contributed by atoms with Crippen molar-refractivity contribution in [2.75, 3.05) is 13.7 Å². The van der Waals surface area contributed by atoms with Crippen LogP contribution in [0.3, 0.4) is 0 Å². The molecule has 0 aliphatic rings. The van der Waals surface area contributed by atoms with E-state index in [9.17, 15) is 0 Å². The van der Waals surface area contributed by atoms with Crippen LogP contribution in [-0.2, 0) is 4.84 Å². The highest BCUT2D eigenvalue weighted by Gasteiger charge is 1.86. The maximum absolute atomic E-state index is 4.72. The first-order valence-electron chi connectivity index (χ1n) is 2.49. The lowest BCUT2D eigenvalue weighted by Gasteiger charge is -2.04. The van der Waals surface area contributed by atoms with Gasteiger partial charge in [-0.2, -0.15) is 0 Å². The van der Waals surface area contributed by atoms with Crippen molar-refractivity contribution < 1.29 is 4.84 Å². The lowest BCUT2D eigenvalue weighted by Crippen LogP contribution is -2.34. The molecular weight excluding hydrogens is 136 g/mol. The molecule has 0 bridgehead atoms. The van der Waals surface area contributed by atoms with E-state index in [0.717, 1.165) is 0 Å². The standard InChI is InChI=1S/C5H10N2OS/c1-3-4-6-5(9)7-8-2/h3H,1,4H2,2H3,(H2,6,7,9). The van der Waals surface area contributed by atoms with E-state index >= 15 is 0 Å². The van der Waals surface area contributed by atoms with E-state index in [1.54, 1.807) is 6.08 Å². The summed E-state index contributed by atoms with van der Waals surface area (Å²) in [6.07, 6.45) is 1.71. The summed E-state index contributed by atoms with van der Waals surface area (Å²) in [5.41, 5.74) is 2.45. The fourth-order valence-electron chi connectivity index (χ4n) is 0.294. The van der Waals surface area contributed by atoms with Crippen molar-refractivity contribution in [3.05, 3.63) is 12.7 Å². The van der Waals surface area contributed by atoms with Crippen molar-refractivity contribution >= 4 is 17.3 Å². The van der Waals surface area contributed by atoms with Crippen LogP contribution in [0.25, 0.3) is 0 Å². The van der Waals surface area contributed by atoms with Crippen LogP contribution >= 0.6 is 12.2 Å². The van der Waals surface area contributed by atoms with Gasteiger partial charge in [-0.3, -0.25) is 4.84 Å². The predicted octanol–water partition coefficient (Wildman–Crippen LogP) is 0.198. The van der Waals surface area contributed by atoms with Crippen LogP contribution in [0.4, 0.5) is 0 Å². The van der Waals surface area contributed by atoms with Gasteiger partial charge in [0, 0.05) is 6.54 Å². The lowest BCUT2D eigenvalue weighted by molar-refractivity contribution is 0.144. The maximum Gasteiger partial charge on any atom is 0.190 e. The second kappa shape index (κ2) is 5.53. The number of hydrogen-bond donors (Lipinski definition) is 2. The Balaban J connectivity index is 3.16. The first kappa shape index (κ1) is 8.39. The van der Waals surface area contributed by atoms with Gasteiger partial charge in [0.05, 0.1) is 7.11 Å². The Hall–Kier alpha value is -0.610. The van der Waals surface area contributed by atoms with Gasteiger partial charge in [-0.1, -0.05) is 6.08 Å². The molecule has 52 valence electrons. The molecule has 0 atom stereocenters. The van der Waals surface area contributed by atoms with Crippen molar-refractivity contribution in [3.63, 3.8) is 0 Å². The SMILES string of the molecule is C=CCNC(=S)NOC. The van der Waals surface area contributed by atoms with E-state index in [0.29, 0.717) is 11.7 Å². The Morgan fingerprint density at radius 1 is 1.89 bits per heavy atom. The number of hydroxylamine groups is 1. The van der Waals surface area contributed by atoms with E-state index in [2.05, 4.69) is 22.2 Å². The molecule has 0 aromatic carbocycles. The Kier molecular flexibility index (Phi) is 5.15. The lowest BCUT2D eigenvalue weighted by atomic mass is 10.6. The monoisotopic (exact) mass is 146 g/mol. The fourth-order valence-corrected chi connectivity index (χ4v) is 0.460.